The van der Waals surface area contributed by atoms with Crippen LogP contribution in [0.3, 0.4) is 0 Å². The molecule has 1 saturated heterocycles. The molecule has 23 heavy (non-hydrogen) atoms. The topological polar surface area (TPSA) is 9.23 Å². The Morgan fingerprint density at radius 1 is 0.739 bits per heavy atom. The fourth-order valence-electron chi connectivity index (χ4n) is 3.88. The van der Waals surface area contributed by atoms with Crippen molar-refractivity contribution in [1.29, 1.82) is 0 Å². The van der Waals surface area contributed by atoms with Gasteiger partial charge in [0.2, 0.25) is 8.32 Å². The lowest BCUT2D eigenvalue weighted by Gasteiger charge is -2.31. The summed E-state index contributed by atoms with van der Waals surface area (Å²) in [6.45, 7) is 4.74. The average molecular weight is 335 g/mol. The molecule has 0 N–H and O–H groups in total. The van der Waals surface area contributed by atoms with Crippen molar-refractivity contribution in [3.8, 4) is 0 Å². The van der Waals surface area contributed by atoms with Crippen LogP contribution < -0.4 is 10.4 Å². The molecule has 1 fully saturated rings. The van der Waals surface area contributed by atoms with E-state index in [4.69, 9.17) is 4.12 Å². The first-order valence-electron chi connectivity index (χ1n) is 8.35. The first kappa shape index (κ1) is 14.9. The van der Waals surface area contributed by atoms with Gasteiger partial charge in [0.15, 0.2) is 8.32 Å². The molecule has 1 atom stereocenters. The Bertz CT molecular complexity index is 839. The van der Waals surface area contributed by atoms with Gasteiger partial charge in [-0.1, -0.05) is 72.8 Å². The summed E-state index contributed by atoms with van der Waals surface area (Å²) in [6.07, 6.45) is 0. The maximum absolute atomic E-state index is 6.99. The van der Waals surface area contributed by atoms with Crippen LogP contribution in [0.1, 0.15) is 0 Å². The molecule has 0 aromatic heterocycles. The third kappa shape index (κ3) is 2.49. The number of fused-ring (bicyclic) bond motifs is 1. The molecule has 0 spiro atoms. The van der Waals surface area contributed by atoms with E-state index in [-0.39, 0.29) is 0 Å². The second-order valence-corrected chi connectivity index (χ2v) is 15.2. The minimum atomic E-state index is -2.12. The van der Waals surface area contributed by atoms with Gasteiger partial charge >= 0.3 is 0 Å². The highest BCUT2D eigenvalue weighted by molar-refractivity contribution is 7.06. The number of hydrogen-bond donors (Lipinski definition) is 0. The molecule has 0 unspecified atom stereocenters. The second kappa shape index (κ2) is 5.44. The molecule has 1 aliphatic heterocycles. The van der Waals surface area contributed by atoms with Crippen molar-refractivity contribution >= 4 is 37.8 Å². The Balaban J connectivity index is 2.00. The van der Waals surface area contributed by atoms with Crippen LogP contribution in [0.5, 0.6) is 0 Å². The Kier molecular flexibility index (Phi) is 3.52. The van der Waals surface area contributed by atoms with E-state index in [0.717, 1.165) is 0 Å². The maximum Gasteiger partial charge on any atom is 0.245 e. The summed E-state index contributed by atoms with van der Waals surface area (Å²) >= 11 is 0. The molecule has 1 nitrogen and oxygen atoms in total. The summed E-state index contributed by atoms with van der Waals surface area (Å²) in [6, 6.07) is 28.9. The van der Waals surface area contributed by atoms with Crippen molar-refractivity contribution in [1.82, 2.24) is 0 Å². The Morgan fingerprint density at radius 3 is 2.17 bits per heavy atom. The molecule has 3 heteroatoms. The third-order valence-electron chi connectivity index (χ3n) is 4.99. The molecule has 0 aliphatic carbocycles. The SMILES string of the molecule is C[Si]1(C)CC[Si@](c2ccccc2)(c2cccc3ccccc23)O1. The molecule has 0 radical (unpaired) electrons. The Morgan fingerprint density at radius 2 is 1.43 bits per heavy atom. The smallest absolute Gasteiger partial charge is 0.245 e. The molecular weight excluding hydrogens is 312 g/mol. The predicted octanol–water partition coefficient (Wildman–Crippen LogP) is 4.13. The van der Waals surface area contributed by atoms with Crippen LogP contribution in [0, 0.1) is 0 Å². The molecular formula is C20H22OSi2. The molecule has 0 saturated carbocycles. The molecule has 4 rings (SSSR count). The normalized spacial score (nSPS) is 23.2. The fraction of sp³-hybridized carbons (Fsp3) is 0.200. The van der Waals surface area contributed by atoms with Crippen molar-refractivity contribution in [2.24, 2.45) is 0 Å². The monoisotopic (exact) mass is 334 g/mol. The first-order valence-corrected chi connectivity index (χ1v) is 13.6. The van der Waals surface area contributed by atoms with Crippen LogP contribution in [0.4, 0.5) is 0 Å². The summed E-state index contributed by atoms with van der Waals surface area (Å²) < 4.78 is 6.99. The lowest BCUT2D eigenvalue weighted by Crippen LogP contribution is -2.60. The zero-order valence-electron chi connectivity index (χ0n) is 13.8. The van der Waals surface area contributed by atoms with Gasteiger partial charge in [-0.05, 0) is 46.3 Å². The summed E-state index contributed by atoms with van der Waals surface area (Å²) in [5, 5.41) is 5.58. The quantitative estimate of drug-likeness (QED) is 0.640. The lowest BCUT2D eigenvalue weighted by molar-refractivity contribution is 0.589. The predicted molar refractivity (Wildman–Crippen MR) is 104 cm³/mol. The number of rotatable bonds is 2. The van der Waals surface area contributed by atoms with E-state index in [1.807, 2.05) is 0 Å². The zero-order valence-corrected chi connectivity index (χ0v) is 15.8. The van der Waals surface area contributed by atoms with Crippen molar-refractivity contribution in [2.75, 3.05) is 0 Å². The van der Waals surface area contributed by atoms with E-state index >= 15 is 0 Å². The van der Waals surface area contributed by atoms with E-state index in [1.165, 1.54) is 33.2 Å². The zero-order chi connectivity index (χ0) is 15.9. The van der Waals surface area contributed by atoms with Gasteiger partial charge in [0.25, 0.3) is 0 Å². The average Bonchev–Trinajstić information content (AvgIpc) is 2.92. The van der Waals surface area contributed by atoms with E-state index in [2.05, 4.69) is 85.9 Å². The summed E-state index contributed by atoms with van der Waals surface area (Å²) in [5.41, 5.74) is 0. The standard InChI is InChI=1S/C20H22OSi2/c1-22(2)15-16-23(21-22,18-11-4-3-5-12-18)20-14-8-10-17-9-6-7-13-19(17)20/h3-14H,15-16H2,1-2H3/t23-/m0/s1. The minimum absolute atomic E-state index is 1.21. The van der Waals surface area contributed by atoms with Crippen LogP contribution >= 0.6 is 0 Å². The lowest BCUT2D eigenvalue weighted by atomic mass is 10.1. The molecule has 0 amide bonds. The van der Waals surface area contributed by atoms with E-state index < -0.39 is 16.6 Å². The highest BCUT2D eigenvalue weighted by Crippen LogP contribution is 2.34. The first-order chi connectivity index (χ1) is 11.1. The van der Waals surface area contributed by atoms with Gasteiger partial charge in [-0.3, -0.25) is 0 Å². The molecule has 0 bridgehead atoms. The third-order valence-corrected chi connectivity index (χ3v) is 14.1. The Hall–Kier alpha value is -1.69. The van der Waals surface area contributed by atoms with Gasteiger partial charge in [-0.15, -0.1) is 0 Å². The van der Waals surface area contributed by atoms with Crippen molar-refractivity contribution in [2.45, 2.75) is 25.2 Å². The number of hydrogen-bond acceptors (Lipinski definition) is 1. The summed E-state index contributed by atoms with van der Waals surface area (Å²) in [4.78, 5) is 0. The second-order valence-electron chi connectivity index (χ2n) is 7.08. The molecule has 3 aromatic rings. The summed E-state index contributed by atoms with van der Waals surface area (Å²) in [5.74, 6) is 0. The maximum atomic E-state index is 6.99. The minimum Gasteiger partial charge on any atom is -0.449 e. The van der Waals surface area contributed by atoms with E-state index in [9.17, 15) is 0 Å². The van der Waals surface area contributed by atoms with Crippen LogP contribution in [-0.2, 0) is 4.12 Å². The largest absolute Gasteiger partial charge is 0.449 e. The van der Waals surface area contributed by atoms with Crippen LogP contribution in [0.2, 0.25) is 25.2 Å². The highest BCUT2D eigenvalue weighted by Gasteiger charge is 2.50. The van der Waals surface area contributed by atoms with Gasteiger partial charge in [-0.2, -0.15) is 0 Å². The molecule has 3 aromatic carbocycles. The van der Waals surface area contributed by atoms with Gasteiger partial charge in [-0.25, -0.2) is 0 Å². The summed E-state index contributed by atoms with van der Waals surface area (Å²) in [7, 11) is -3.69. The van der Waals surface area contributed by atoms with Crippen molar-refractivity contribution < 1.29 is 4.12 Å². The van der Waals surface area contributed by atoms with Gasteiger partial charge in [0.1, 0.15) is 0 Å². The highest BCUT2D eigenvalue weighted by atomic mass is 28.4. The van der Waals surface area contributed by atoms with Crippen molar-refractivity contribution in [3.63, 3.8) is 0 Å². The van der Waals surface area contributed by atoms with Crippen LogP contribution in [-0.4, -0.2) is 16.6 Å². The molecule has 1 heterocycles. The van der Waals surface area contributed by atoms with Gasteiger partial charge in [0, 0.05) is 0 Å². The van der Waals surface area contributed by atoms with E-state index in [1.54, 1.807) is 0 Å². The van der Waals surface area contributed by atoms with Crippen LogP contribution in [0.15, 0.2) is 72.8 Å². The fourth-order valence-corrected chi connectivity index (χ4v) is 15.8. The van der Waals surface area contributed by atoms with E-state index in [0.29, 0.717) is 0 Å². The Labute approximate surface area is 140 Å². The van der Waals surface area contributed by atoms with Crippen LogP contribution in [0.25, 0.3) is 10.8 Å². The molecule has 1 aliphatic rings. The van der Waals surface area contributed by atoms with Crippen molar-refractivity contribution in [3.05, 3.63) is 72.8 Å². The molecule has 116 valence electrons. The van der Waals surface area contributed by atoms with Gasteiger partial charge in [0.05, 0.1) is 0 Å². The number of benzene rings is 3. The van der Waals surface area contributed by atoms with Gasteiger partial charge < -0.3 is 4.12 Å².